The first-order chi connectivity index (χ1) is 18.3. The first-order valence-corrected chi connectivity index (χ1v) is 17.3. The first kappa shape index (κ1) is 36.7. The standard InChI is InChI=1S/C35H71NO/c1-3-5-7-9-11-13-15-17-18-19-21-23-25-27-29-32-35(37-34-30-33-36)31-28-26-24-22-20-16-14-12-10-8-6-4-2/h17-18,35H,3-16,19-34,36H2,1-2H3/b18-17-. The predicted molar refractivity (Wildman–Crippen MR) is 169 cm³/mol. The SMILES string of the molecule is CCCCCCCC/C=C\CCCCCCCC(CCCCCCCCCCCCCC)OCCCN. The Labute approximate surface area is 235 Å². The van der Waals surface area contributed by atoms with Crippen molar-refractivity contribution < 1.29 is 4.74 Å². The van der Waals surface area contributed by atoms with E-state index in [-0.39, 0.29) is 0 Å². The van der Waals surface area contributed by atoms with Crippen molar-refractivity contribution in [3.63, 3.8) is 0 Å². The zero-order valence-corrected chi connectivity index (χ0v) is 25.9. The van der Waals surface area contributed by atoms with Crippen LogP contribution in [0.1, 0.15) is 194 Å². The van der Waals surface area contributed by atoms with E-state index in [4.69, 9.17) is 10.5 Å². The van der Waals surface area contributed by atoms with Gasteiger partial charge in [0.2, 0.25) is 0 Å². The Balaban J connectivity index is 3.61. The Hall–Kier alpha value is -0.340. The summed E-state index contributed by atoms with van der Waals surface area (Å²) in [7, 11) is 0. The topological polar surface area (TPSA) is 35.2 Å². The molecule has 222 valence electrons. The highest BCUT2D eigenvalue weighted by atomic mass is 16.5. The molecule has 2 nitrogen and oxygen atoms in total. The Bertz CT molecular complexity index is 421. The first-order valence-electron chi connectivity index (χ1n) is 17.3. The molecule has 2 N–H and O–H groups in total. The highest BCUT2D eigenvalue weighted by Gasteiger charge is 2.09. The van der Waals surface area contributed by atoms with Gasteiger partial charge in [-0.2, -0.15) is 0 Å². The van der Waals surface area contributed by atoms with Crippen molar-refractivity contribution in [2.45, 2.75) is 200 Å². The lowest BCUT2D eigenvalue weighted by molar-refractivity contribution is 0.0376. The monoisotopic (exact) mass is 522 g/mol. The molecule has 0 aliphatic heterocycles. The summed E-state index contributed by atoms with van der Waals surface area (Å²) in [6.45, 7) is 6.19. The molecule has 0 rings (SSSR count). The van der Waals surface area contributed by atoms with Gasteiger partial charge >= 0.3 is 0 Å². The Morgan fingerprint density at radius 2 is 0.811 bits per heavy atom. The van der Waals surface area contributed by atoms with E-state index >= 15 is 0 Å². The zero-order valence-electron chi connectivity index (χ0n) is 25.9. The third-order valence-corrected chi connectivity index (χ3v) is 7.87. The van der Waals surface area contributed by atoms with Crippen LogP contribution in [0.5, 0.6) is 0 Å². The van der Waals surface area contributed by atoms with Crippen molar-refractivity contribution in [3.8, 4) is 0 Å². The van der Waals surface area contributed by atoms with Gasteiger partial charge < -0.3 is 10.5 Å². The van der Waals surface area contributed by atoms with Gasteiger partial charge in [0, 0.05) is 6.61 Å². The van der Waals surface area contributed by atoms with Crippen molar-refractivity contribution in [2.75, 3.05) is 13.2 Å². The van der Waals surface area contributed by atoms with E-state index in [0.29, 0.717) is 6.10 Å². The second-order valence-electron chi connectivity index (χ2n) is 11.7. The fourth-order valence-corrected chi connectivity index (χ4v) is 5.30. The molecular weight excluding hydrogens is 450 g/mol. The molecule has 0 aliphatic rings. The average Bonchev–Trinajstić information content (AvgIpc) is 2.91. The molecule has 0 amide bonds. The van der Waals surface area contributed by atoms with Gasteiger partial charge in [-0.1, -0.05) is 161 Å². The van der Waals surface area contributed by atoms with E-state index in [1.807, 2.05) is 0 Å². The van der Waals surface area contributed by atoms with Crippen LogP contribution in [0.3, 0.4) is 0 Å². The second-order valence-corrected chi connectivity index (χ2v) is 11.7. The summed E-state index contributed by atoms with van der Waals surface area (Å²) >= 11 is 0. The molecule has 0 fully saturated rings. The van der Waals surface area contributed by atoms with E-state index in [0.717, 1.165) is 19.6 Å². The summed E-state index contributed by atoms with van der Waals surface area (Å²) in [4.78, 5) is 0. The van der Waals surface area contributed by atoms with Gasteiger partial charge in [0.1, 0.15) is 0 Å². The van der Waals surface area contributed by atoms with Crippen LogP contribution in [-0.4, -0.2) is 19.3 Å². The van der Waals surface area contributed by atoms with Crippen molar-refractivity contribution >= 4 is 0 Å². The predicted octanol–water partition coefficient (Wildman–Crippen LogP) is 11.8. The number of hydrogen-bond donors (Lipinski definition) is 1. The van der Waals surface area contributed by atoms with Gasteiger partial charge in [0.05, 0.1) is 6.10 Å². The summed E-state index contributed by atoms with van der Waals surface area (Å²) in [5.41, 5.74) is 5.69. The van der Waals surface area contributed by atoms with E-state index in [1.165, 1.54) is 173 Å². The number of unbranched alkanes of at least 4 members (excludes halogenated alkanes) is 22. The van der Waals surface area contributed by atoms with Crippen LogP contribution in [0.4, 0.5) is 0 Å². The van der Waals surface area contributed by atoms with Crippen molar-refractivity contribution in [1.29, 1.82) is 0 Å². The molecular formula is C35H71NO. The summed E-state index contributed by atoms with van der Waals surface area (Å²) in [6.07, 6.45) is 43.7. The number of nitrogens with two attached hydrogens (primary N) is 1. The summed E-state index contributed by atoms with van der Waals surface area (Å²) in [6, 6.07) is 0. The third-order valence-electron chi connectivity index (χ3n) is 7.87. The van der Waals surface area contributed by atoms with Gasteiger partial charge in [-0.25, -0.2) is 0 Å². The van der Waals surface area contributed by atoms with Gasteiger partial charge in [0.25, 0.3) is 0 Å². The highest BCUT2D eigenvalue weighted by Crippen LogP contribution is 2.18. The summed E-state index contributed by atoms with van der Waals surface area (Å²) < 4.78 is 6.21. The summed E-state index contributed by atoms with van der Waals surface area (Å²) in [5, 5.41) is 0. The van der Waals surface area contributed by atoms with E-state index in [9.17, 15) is 0 Å². The smallest absolute Gasteiger partial charge is 0.0575 e. The van der Waals surface area contributed by atoms with Gasteiger partial charge in [0.15, 0.2) is 0 Å². The zero-order chi connectivity index (χ0) is 26.9. The quantitative estimate of drug-likeness (QED) is 0.0705. The van der Waals surface area contributed by atoms with Crippen LogP contribution in [0, 0.1) is 0 Å². The van der Waals surface area contributed by atoms with Crippen LogP contribution in [-0.2, 0) is 4.74 Å². The molecule has 0 saturated carbocycles. The number of ether oxygens (including phenoxy) is 1. The lowest BCUT2D eigenvalue weighted by atomic mass is 10.0. The minimum Gasteiger partial charge on any atom is -0.378 e. The van der Waals surface area contributed by atoms with Crippen LogP contribution < -0.4 is 5.73 Å². The van der Waals surface area contributed by atoms with Crippen molar-refractivity contribution in [2.24, 2.45) is 5.73 Å². The Morgan fingerprint density at radius 1 is 0.459 bits per heavy atom. The average molecular weight is 522 g/mol. The molecule has 2 heteroatoms. The normalized spacial score (nSPS) is 12.6. The van der Waals surface area contributed by atoms with E-state index < -0.39 is 0 Å². The number of allylic oxidation sites excluding steroid dienone is 2. The molecule has 0 bridgehead atoms. The highest BCUT2D eigenvalue weighted by molar-refractivity contribution is 4.81. The Morgan fingerprint density at radius 3 is 1.19 bits per heavy atom. The van der Waals surface area contributed by atoms with Gasteiger partial charge in [-0.05, 0) is 51.5 Å². The van der Waals surface area contributed by atoms with Gasteiger partial charge in [-0.15, -0.1) is 0 Å². The molecule has 1 atom stereocenters. The van der Waals surface area contributed by atoms with Crippen molar-refractivity contribution in [1.82, 2.24) is 0 Å². The maximum absolute atomic E-state index is 6.21. The molecule has 0 aromatic rings. The van der Waals surface area contributed by atoms with Gasteiger partial charge in [-0.3, -0.25) is 0 Å². The van der Waals surface area contributed by atoms with Crippen LogP contribution >= 0.6 is 0 Å². The molecule has 0 aromatic heterocycles. The largest absolute Gasteiger partial charge is 0.378 e. The molecule has 0 heterocycles. The molecule has 37 heavy (non-hydrogen) atoms. The summed E-state index contributed by atoms with van der Waals surface area (Å²) in [5.74, 6) is 0. The van der Waals surface area contributed by atoms with E-state index in [1.54, 1.807) is 0 Å². The molecule has 0 spiro atoms. The molecule has 0 saturated heterocycles. The molecule has 1 unspecified atom stereocenters. The van der Waals surface area contributed by atoms with Crippen LogP contribution in [0.15, 0.2) is 12.2 Å². The maximum Gasteiger partial charge on any atom is 0.0575 e. The lowest BCUT2D eigenvalue weighted by Gasteiger charge is -2.18. The van der Waals surface area contributed by atoms with E-state index in [2.05, 4.69) is 26.0 Å². The molecule has 0 aliphatic carbocycles. The lowest BCUT2D eigenvalue weighted by Crippen LogP contribution is -2.16. The molecule has 0 aromatic carbocycles. The maximum atomic E-state index is 6.21. The van der Waals surface area contributed by atoms with Crippen LogP contribution in [0.25, 0.3) is 0 Å². The van der Waals surface area contributed by atoms with Crippen molar-refractivity contribution in [3.05, 3.63) is 12.2 Å². The number of hydrogen-bond acceptors (Lipinski definition) is 2. The fraction of sp³-hybridized carbons (Fsp3) is 0.943. The Kier molecular flexibility index (Phi) is 33.4. The fourth-order valence-electron chi connectivity index (χ4n) is 5.30. The van der Waals surface area contributed by atoms with Crippen LogP contribution in [0.2, 0.25) is 0 Å². The number of rotatable bonds is 32. The second kappa shape index (κ2) is 33.7. The minimum atomic E-state index is 0.472. The minimum absolute atomic E-state index is 0.472. The third kappa shape index (κ3) is 31.8. The molecule has 0 radical (unpaired) electrons.